The summed E-state index contributed by atoms with van der Waals surface area (Å²) in [6.07, 6.45) is -0.194. The Morgan fingerprint density at radius 1 is 0.483 bits per heavy atom. The Morgan fingerprint density at radius 3 is 1.38 bits per heavy atom. The molecule has 0 saturated carbocycles. The molecular formula is C43H57NO14. The third-order valence-electron chi connectivity index (χ3n) is 8.41. The van der Waals surface area contributed by atoms with Gasteiger partial charge in [-0.05, 0) is 25.0 Å². The van der Waals surface area contributed by atoms with E-state index in [1.54, 1.807) is 0 Å². The fourth-order valence-corrected chi connectivity index (χ4v) is 5.09. The van der Waals surface area contributed by atoms with Gasteiger partial charge < -0.3 is 38.5 Å². The molecule has 318 valence electrons. The van der Waals surface area contributed by atoms with Crippen molar-refractivity contribution in [3.05, 3.63) is 71.8 Å². The van der Waals surface area contributed by atoms with E-state index in [0.717, 1.165) is 11.1 Å². The van der Waals surface area contributed by atoms with E-state index in [-0.39, 0.29) is 159 Å². The van der Waals surface area contributed by atoms with Gasteiger partial charge in [0.25, 0.3) is 0 Å². The number of esters is 2. The summed E-state index contributed by atoms with van der Waals surface area (Å²) in [5, 5.41) is 2.49. The molecule has 0 heterocycles. The highest BCUT2D eigenvalue weighted by molar-refractivity contribution is 5.85. The van der Waals surface area contributed by atoms with E-state index in [2.05, 4.69) is 5.32 Å². The lowest BCUT2D eigenvalue weighted by atomic mass is 9.92. The van der Waals surface area contributed by atoms with Crippen molar-refractivity contribution in [2.45, 2.75) is 84.8 Å². The van der Waals surface area contributed by atoms with Crippen LogP contribution in [0.5, 0.6) is 0 Å². The third-order valence-corrected chi connectivity index (χ3v) is 8.41. The van der Waals surface area contributed by atoms with Crippen molar-refractivity contribution in [2.75, 3.05) is 59.4 Å². The molecule has 2 rings (SSSR count). The predicted molar refractivity (Wildman–Crippen MR) is 209 cm³/mol. The minimum atomic E-state index is -1.10. The lowest BCUT2D eigenvalue weighted by Crippen LogP contribution is -2.43. The van der Waals surface area contributed by atoms with Crippen molar-refractivity contribution < 1.29 is 66.8 Å². The van der Waals surface area contributed by atoms with E-state index in [1.807, 2.05) is 60.7 Å². The number of ketones is 5. The highest BCUT2D eigenvalue weighted by Gasteiger charge is 2.33. The van der Waals surface area contributed by atoms with Crippen molar-refractivity contribution in [2.24, 2.45) is 5.41 Å². The van der Waals surface area contributed by atoms with Crippen molar-refractivity contribution in [1.29, 1.82) is 0 Å². The standard InChI is InChI=1S/C43H57NO14/c1-33(45)13-14-37(47)19-22-53-29-43(31-55-24-21-40(50)44-25-34(2)46,32-56-28-39(49)16-18-42(52)58-27-36-11-7-4-8-12-36)30-54-23-20-38(48)15-17-41(51)57-26-35-9-5-3-6-10-35/h3-12H,13-32H2,1-2H3,(H,44,50). The van der Waals surface area contributed by atoms with E-state index in [9.17, 15) is 38.4 Å². The van der Waals surface area contributed by atoms with Gasteiger partial charge in [0, 0.05) is 44.9 Å². The molecule has 2 aromatic carbocycles. The molecule has 15 nitrogen and oxygen atoms in total. The normalized spacial score (nSPS) is 11.9. The Balaban J connectivity index is 2.00. The number of carbonyl (C=O) groups excluding carboxylic acids is 8. The molecule has 0 aliphatic carbocycles. The molecule has 1 N–H and O–H groups in total. The van der Waals surface area contributed by atoms with Crippen LogP contribution in [0.15, 0.2) is 60.7 Å². The number of hydrogen-bond donors (Lipinski definition) is 1. The Hall–Kier alpha value is -4.96. The van der Waals surface area contributed by atoms with Crippen LogP contribution in [-0.4, -0.2) is 106 Å². The molecule has 0 saturated heterocycles. The van der Waals surface area contributed by atoms with Gasteiger partial charge in [0.2, 0.25) is 5.91 Å². The molecule has 0 aliphatic heterocycles. The largest absolute Gasteiger partial charge is 0.461 e. The molecule has 0 aromatic heterocycles. The summed E-state index contributed by atoms with van der Waals surface area (Å²) in [6.45, 7) is 2.00. The van der Waals surface area contributed by atoms with Crippen molar-refractivity contribution in [3.8, 4) is 0 Å². The third kappa shape index (κ3) is 24.6. The molecule has 0 fully saturated rings. The molecule has 2 aromatic rings. The number of benzene rings is 2. The topological polar surface area (TPSA) is 204 Å². The Labute approximate surface area is 339 Å². The van der Waals surface area contributed by atoms with Gasteiger partial charge in [-0.3, -0.25) is 33.6 Å². The van der Waals surface area contributed by atoms with Crippen molar-refractivity contribution in [3.63, 3.8) is 0 Å². The Bertz CT molecular complexity index is 1560. The first-order chi connectivity index (χ1) is 27.9. The zero-order chi connectivity index (χ0) is 42.4. The molecule has 1 unspecified atom stereocenters. The first-order valence-corrected chi connectivity index (χ1v) is 19.4. The number of Topliss-reactive ketones (excluding diaryl/α,β-unsaturated/α-hetero) is 5. The highest BCUT2D eigenvalue weighted by atomic mass is 16.5. The fraction of sp³-hybridized carbons (Fsp3) is 0.535. The molecule has 15 heteroatoms. The van der Waals surface area contributed by atoms with E-state index in [1.165, 1.54) is 13.8 Å². The number of ether oxygens (including phenoxy) is 6. The van der Waals surface area contributed by atoms with Gasteiger partial charge in [0.1, 0.15) is 43.0 Å². The van der Waals surface area contributed by atoms with E-state index in [0.29, 0.717) is 0 Å². The first kappa shape index (κ1) is 49.2. The smallest absolute Gasteiger partial charge is 0.306 e. The zero-order valence-electron chi connectivity index (χ0n) is 33.6. The molecule has 0 aliphatic rings. The summed E-state index contributed by atoms with van der Waals surface area (Å²) in [5.41, 5.74) is 0.543. The van der Waals surface area contributed by atoms with Crippen LogP contribution in [0.3, 0.4) is 0 Å². The van der Waals surface area contributed by atoms with Crippen LogP contribution in [0.1, 0.15) is 82.8 Å². The minimum absolute atomic E-state index is 0.00875. The fourth-order valence-electron chi connectivity index (χ4n) is 5.09. The molecule has 58 heavy (non-hydrogen) atoms. The van der Waals surface area contributed by atoms with Crippen LogP contribution in [0.25, 0.3) is 0 Å². The monoisotopic (exact) mass is 811 g/mol. The van der Waals surface area contributed by atoms with Crippen LogP contribution < -0.4 is 5.32 Å². The van der Waals surface area contributed by atoms with Crippen LogP contribution in [-0.2, 0) is 80.0 Å². The number of nitrogens with one attached hydrogen (secondary N) is 1. The Morgan fingerprint density at radius 2 is 0.914 bits per heavy atom. The second kappa shape index (κ2) is 29.3. The maximum atomic E-state index is 12.7. The van der Waals surface area contributed by atoms with Gasteiger partial charge in [-0.25, -0.2) is 0 Å². The number of hydrogen-bond acceptors (Lipinski definition) is 14. The van der Waals surface area contributed by atoms with E-state index < -0.39 is 23.3 Å². The summed E-state index contributed by atoms with van der Waals surface area (Å²) >= 11 is 0. The second-order valence-electron chi connectivity index (χ2n) is 14.0. The van der Waals surface area contributed by atoms with Crippen LogP contribution in [0.2, 0.25) is 0 Å². The van der Waals surface area contributed by atoms with Gasteiger partial charge in [-0.15, -0.1) is 0 Å². The molecule has 0 bridgehead atoms. The van der Waals surface area contributed by atoms with Crippen LogP contribution in [0, 0.1) is 5.41 Å². The maximum Gasteiger partial charge on any atom is 0.306 e. The minimum Gasteiger partial charge on any atom is -0.461 e. The van der Waals surface area contributed by atoms with E-state index >= 15 is 0 Å². The summed E-state index contributed by atoms with van der Waals surface area (Å²) in [6, 6.07) is 18.3. The lowest BCUT2D eigenvalue weighted by molar-refractivity contribution is -0.147. The lowest BCUT2D eigenvalue weighted by Gasteiger charge is -2.33. The summed E-state index contributed by atoms with van der Waals surface area (Å²) in [5.74, 6) is -2.49. The van der Waals surface area contributed by atoms with Gasteiger partial charge in [0.05, 0.1) is 71.0 Å². The molecule has 0 spiro atoms. The van der Waals surface area contributed by atoms with Crippen LogP contribution in [0.4, 0.5) is 0 Å². The number of amides is 1. The summed E-state index contributed by atoms with van der Waals surface area (Å²) < 4.78 is 34.0. The van der Waals surface area contributed by atoms with Gasteiger partial charge in [0.15, 0.2) is 5.78 Å². The van der Waals surface area contributed by atoms with Crippen molar-refractivity contribution >= 4 is 46.8 Å². The SMILES string of the molecule is CC(=O)CCC(=O)CCOCC(COCCC(=O)CCC(=O)OCc1ccccc1)(COCCC(=O)NCC(C)=O)COCC(=O)CCC(=O)OCc1ccccc1. The summed E-state index contributed by atoms with van der Waals surface area (Å²) in [4.78, 5) is 96.8. The van der Waals surface area contributed by atoms with Crippen LogP contribution >= 0.6 is 0 Å². The molecular weight excluding hydrogens is 754 g/mol. The average Bonchev–Trinajstić information content (AvgIpc) is 3.21. The molecule has 0 radical (unpaired) electrons. The molecule has 1 atom stereocenters. The predicted octanol–water partition coefficient (Wildman–Crippen LogP) is 4.04. The first-order valence-electron chi connectivity index (χ1n) is 19.4. The zero-order valence-corrected chi connectivity index (χ0v) is 33.6. The van der Waals surface area contributed by atoms with Gasteiger partial charge in [-0.1, -0.05) is 60.7 Å². The quantitative estimate of drug-likeness (QED) is 0.0783. The molecule has 1 amide bonds. The number of rotatable bonds is 34. The summed E-state index contributed by atoms with van der Waals surface area (Å²) in [7, 11) is 0. The maximum absolute atomic E-state index is 12.7. The van der Waals surface area contributed by atoms with Gasteiger partial charge in [-0.2, -0.15) is 0 Å². The van der Waals surface area contributed by atoms with Gasteiger partial charge >= 0.3 is 11.9 Å². The Kier molecular flexibility index (Phi) is 24.8. The van der Waals surface area contributed by atoms with Crippen molar-refractivity contribution in [1.82, 2.24) is 5.32 Å². The number of carbonyl (C=O) groups is 8. The second-order valence-corrected chi connectivity index (χ2v) is 14.0. The van der Waals surface area contributed by atoms with E-state index in [4.69, 9.17) is 28.4 Å². The average molecular weight is 812 g/mol. The highest BCUT2D eigenvalue weighted by Crippen LogP contribution is 2.22.